The van der Waals surface area contributed by atoms with Crippen LogP contribution in [-0.2, 0) is 5.54 Å². The van der Waals surface area contributed by atoms with Crippen molar-refractivity contribution in [2.24, 2.45) is 0 Å². The topological polar surface area (TPSA) is 49.8 Å². The molecule has 0 saturated heterocycles. The van der Waals surface area contributed by atoms with E-state index in [2.05, 4.69) is 27.5 Å². The van der Waals surface area contributed by atoms with Crippen molar-refractivity contribution in [2.75, 3.05) is 17.2 Å². The van der Waals surface area contributed by atoms with Gasteiger partial charge in [-0.05, 0) is 26.3 Å². The molecular weight excluding hydrogens is 327 g/mol. The van der Waals surface area contributed by atoms with E-state index in [1.54, 1.807) is 23.6 Å². The van der Waals surface area contributed by atoms with E-state index in [0.717, 1.165) is 18.0 Å². The molecule has 4 nitrogen and oxygen atoms in total. The number of thiazole rings is 1. The van der Waals surface area contributed by atoms with E-state index in [1.807, 2.05) is 19.2 Å². The van der Waals surface area contributed by atoms with Gasteiger partial charge in [-0.1, -0.05) is 30.1 Å². The number of rotatable bonds is 6. The Morgan fingerprint density at radius 1 is 1.24 bits per heavy atom. The summed E-state index contributed by atoms with van der Waals surface area (Å²) < 4.78 is 0. The van der Waals surface area contributed by atoms with E-state index >= 15 is 0 Å². The van der Waals surface area contributed by atoms with Gasteiger partial charge in [0.25, 0.3) is 0 Å². The standard InChI is InChI=1S/C14H18Cl2N4S/c1-4-5-17-11-9(15)8-10(16)12(19-11)20-14(2,3)13-18-6-7-21-13/h6-8H,4-5H2,1-3H3,(H2,17,19,20). The summed E-state index contributed by atoms with van der Waals surface area (Å²) in [5, 5.41) is 10.5. The number of halogens is 2. The van der Waals surface area contributed by atoms with E-state index < -0.39 is 0 Å². The zero-order valence-corrected chi connectivity index (χ0v) is 14.5. The normalized spacial score (nSPS) is 11.5. The average molecular weight is 345 g/mol. The molecule has 0 aromatic carbocycles. The maximum absolute atomic E-state index is 6.25. The number of nitrogens with one attached hydrogen (secondary N) is 2. The molecule has 2 aromatic rings. The summed E-state index contributed by atoms with van der Waals surface area (Å²) in [7, 11) is 0. The summed E-state index contributed by atoms with van der Waals surface area (Å²) in [6, 6.07) is 1.70. The number of hydrogen-bond donors (Lipinski definition) is 2. The minimum atomic E-state index is -0.360. The van der Waals surface area contributed by atoms with Crippen LogP contribution in [0.5, 0.6) is 0 Å². The molecular formula is C14H18Cl2N4S. The first-order valence-corrected chi connectivity index (χ1v) is 8.35. The van der Waals surface area contributed by atoms with Crippen molar-refractivity contribution in [1.82, 2.24) is 9.97 Å². The molecule has 0 unspecified atom stereocenters. The van der Waals surface area contributed by atoms with Gasteiger partial charge in [-0.2, -0.15) is 0 Å². The van der Waals surface area contributed by atoms with Gasteiger partial charge in [-0.15, -0.1) is 11.3 Å². The van der Waals surface area contributed by atoms with Gasteiger partial charge < -0.3 is 10.6 Å². The highest BCUT2D eigenvalue weighted by atomic mass is 35.5. The lowest BCUT2D eigenvalue weighted by Gasteiger charge is -2.25. The van der Waals surface area contributed by atoms with Gasteiger partial charge >= 0.3 is 0 Å². The van der Waals surface area contributed by atoms with Crippen molar-refractivity contribution >= 4 is 46.2 Å². The molecule has 2 heterocycles. The van der Waals surface area contributed by atoms with Crippen LogP contribution in [0.15, 0.2) is 17.6 Å². The van der Waals surface area contributed by atoms with Gasteiger partial charge in [-0.3, -0.25) is 0 Å². The van der Waals surface area contributed by atoms with Crippen molar-refractivity contribution in [3.8, 4) is 0 Å². The number of hydrogen-bond acceptors (Lipinski definition) is 5. The molecule has 0 fully saturated rings. The van der Waals surface area contributed by atoms with Crippen LogP contribution in [0.25, 0.3) is 0 Å². The zero-order chi connectivity index (χ0) is 15.5. The molecule has 21 heavy (non-hydrogen) atoms. The second-order valence-corrected chi connectivity index (χ2v) is 6.87. The summed E-state index contributed by atoms with van der Waals surface area (Å²) in [5.74, 6) is 1.24. The first-order valence-electron chi connectivity index (χ1n) is 6.72. The summed E-state index contributed by atoms with van der Waals surface area (Å²) >= 11 is 14.0. The molecule has 0 spiro atoms. The molecule has 0 aliphatic heterocycles. The van der Waals surface area contributed by atoms with E-state index in [9.17, 15) is 0 Å². The van der Waals surface area contributed by atoms with Crippen LogP contribution >= 0.6 is 34.5 Å². The van der Waals surface area contributed by atoms with Crippen LogP contribution in [0.2, 0.25) is 10.0 Å². The van der Waals surface area contributed by atoms with Crippen LogP contribution in [0.1, 0.15) is 32.2 Å². The number of pyridine rings is 1. The molecule has 0 bridgehead atoms. The van der Waals surface area contributed by atoms with Gasteiger partial charge in [0.15, 0.2) is 0 Å². The third-order valence-electron chi connectivity index (χ3n) is 2.87. The van der Waals surface area contributed by atoms with Gasteiger partial charge in [-0.25, -0.2) is 9.97 Å². The Balaban J connectivity index is 2.27. The molecule has 0 radical (unpaired) electrons. The average Bonchev–Trinajstić information content (AvgIpc) is 2.95. The minimum absolute atomic E-state index is 0.360. The summed E-state index contributed by atoms with van der Waals surface area (Å²) in [4.78, 5) is 8.84. The summed E-state index contributed by atoms with van der Waals surface area (Å²) in [5.41, 5.74) is -0.360. The maximum atomic E-state index is 6.25. The second-order valence-electron chi connectivity index (χ2n) is 5.16. The minimum Gasteiger partial charge on any atom is -0.369 e. The molecule has 0 saturated carbocycles. The number of nitrogens with zero attached hydrogens (tertiary/aromatic N) is 2. The fourth-order valence-corrected chi connectivity index (χ4v) is 2.99. The van der Waals surface area contributed by atoms with E-state index in [0.29, 0.717) is 21.7 Å². The summed E-state index contributed by atoms with van der Waals surface area (Å²) in [6.07, 6.45) is 2.78. The van der Waals surface area contributed by atoms with Crippen LogP contribution < -0.4 is 10.6 Å². The van der Waals surface area contributed by atoms with Gasteiger partial charge in [0.2, 0.25) is 0 Å². The number of anilines is 2. The molecule has 7 heteroatoms. The van der Waals surface area contributed by atoms with E-state index in [1.165, 1.54) is 0 Å². The lowest BCUT2D eigenvalue weighted by Crippen LogP contribution is -2.28. The predicted octanol–water partition coefficient (Wildman–Crippen LogP) is 5.01. The molecule has 0 aliphatic rings. The SMILES string of the molecule is CCCNc1nc(NC(C)(C)c2nccs2)c(Cl)cc1Cl. The predicted molar refractivity (Wildman–Crippen MR) is 91.8 cm³/mol. The van der Waals surface area contributed by atoms with Crippen LogP contribution in [0, 0.1) is 0 Å². The van der Waals surface area contributed by atoms with Gasteiger partial charge in [0.05, 0.1) is 15.6 Å². The molecule has 2 rings (SSSR count). The third kappa shape index (κ3) is 3.99. The fraction of sp³-hybridized carbons (Fsp3) is 0.429. The molecule has 114 valence electrons. The van der Waals surface area contributed by atoms with Crippen LogP contribution in [-0.4, -0.2) is 16.5 Å². The number of aromatic nitrogens is 2. The van der Waals surface area contributed by atoms with E-state index in [4.69, 9.17) is 23.2 Å². The Labute approximate surface area is 138 Å². The van der Waals surface area contributed by atoms with Crippen molar-refractivity contribution in [3.05, 3.63) is 32.7 Å². The fourth-order valence-electron chi connectivity index (χ4n) is 1.80. The van der Waals surface area contributed by atoms with Gasteiger partial charge in [0.1, 0.15) is 16.6 Å². The van der Waals surface area contributed by atoms with Crippen molar-refractivity contribution in [3.63, 3.8) is 0 Å². The smallest absolute Gasteiger partial charge is 0.148 e. The largest absolute Gasteiger partial charge is 0.369 e. The third-order valence-corrected chi connectivity index (χ3v) is 4.54. The monoisotopic (exact) mass is 344 g/mol. The molecule has 0 atom stereocenters. The summed E-state index contributed by atoms with van der Waals surface area (Å²) in [6.45, 7) is 6.97. The lowest BCUT2D eigenvalue weighted by atomic mass is 10.1. The Hall–Kier alpha value is -1.04. The highest BCUT2D eigenvalue weighted by Gasteiger charge is 2.25. The van der Waals surface area contributed by atoms with Crippen molar-refractivity contribution < 1.29 is 0 Å². The molecule has 0 aliphatic carbocycles. The molecule has 2 N–H and O–H groups in total. The van der Waals surface area contributed by atoms with Crippen LogP contribution in [0.3, 0.4) is 0 Å². The first kappa shape index (κ1) is 16.3. The Morgan fingerprint density at radius 3 is 2.57 bits per heavy atom. The highest BCUT2D eigenvalue weighted by Crippen LogP contribution is 2.33. The Kier molecular flexibility index (Phi) is 5.30. The van der Waals surface area contributed by atoms with Crippen LogP contribution in [0.4, 0.5) is 11.6 Å². The highest BCUT2D eigenvalue weighted by molar-refractivity contribution is 7.09. The Bertz CT molecular complexity index is 599. The van der Waals surface area contributed by atoms with E-state index in [-0.39, 0.29) is 5.54 Å². The Morgan fingerprint density at radius 2 is 1.95 bits per heavy atom. The first-order chi connectivity index (χ1) is 9.94. The van der Waals surface area contributed by atoms with Crippen molar-refractivity contribution in [1.29, 1.82) is 0 Å². The quantitative estimate of drug-likeness (QED) is 0.772. The molecule has 2 aromatic heterocycles. The maximum Gasteiger partial charge on any atom is 0.148 e. The lowest BCUT2D eigenvalue weighted by molar-refractivity contribution is 0.601. The van der Waals surface area contributed by atoms with Gasteiger partial charge in [0, 0.05) is 18.1 Å². The van der Waals surface area contributed by atoms with Crippen molar-refractivity contribution in [2.45, 2.75) is 32.7 Å². The molecule has 0 amide bonds. The zero-order valence-electron chi connectivity index (χ0n) is 12.2. The second kappa shape index (κ2) is 6.81.